The summed E-state index contributed by atoms with van der Waals surface area (Å²) in [7, 11) is 0. The lowest BCUT2D eigenvalue weighted by Crippen LogP contribution is -2.26. The highest BCUT2D eigenvalue weighted by molar-refractivity contribution is 6.29. The number of halogens is 1. The van der Waals surface area contributed by atoms with E-state index in [0.717, 1.165) is 25.3 Å². The van der Waals surface area contributed by atoms with Crippen molar-refractivity contribution in [3.63, 3.8) is 0 Å². The normalized spacial score (nSPS) is 22.3. The topological polar surface area (TPSA) is 55.0 Å². The van der Waals surface area contributed by atoms with Crippen molar-refractivity contribution in [2.24, 2.45) is 5.73 Å². The van der Waals surface area contributed by atoms with Crippen LogP contribution in [0.4, 0.5) is 5.82 Å². The first-order valence-electron chi connectivity index (χ1n) is 4.24. The Labute approximate surface area is 81.7 Å². The van der Waals surface area contributed by atoms with E-state index in [1.165, 1.54) is 6.20 Å². The molecule has 0 aromatic carbocycles. The minimum Gasteiger partial charge on any atom is -0.354 e. The minimum absolute atomic E-state index is 0.251. The van der Waals surface area contributed by atoms with Gasteiger partial charge in [0.1, 0.15) is 11.0 Å². The lowest BCUT2D eigenvalue weighted by Gasteiger charge is -2.15. The molecule has 1 aliphatic heterocycles. The standard InChI is InChI=1S/C8H11ClN4/c9-7-3-11-4-8(12-7)13-2-1-6(10)5-13/h3-4,6H,1-2,5,10H2. The van der Waals surface area contributed by atoms with Gasteiger partial charge in [-0.1, -0.05) is 11.6 Å². The second-order valence-electron chi connectivity index (χ2n) is 3.19. The molecule has 5 heteroatoms. The Hall–Kier alpha value is -0.870. The maximum Gasteiger partial charge on any atom is 0.149 e. The molecular formula is C8H11ClN4. The van der Waals surface area contributed by atoms with Gasteiger partial charge >= 0.3 is 0 Å². The summed E-state index contributed by atoms with van der Waals surface area (Å²) in [5, 5.41) is 0.429. The van der Waals surface area contributed by atoms with Crippen LogP contribution in [0.15, 0.2) is 12.4 Å². The minimum atomic E-state index is 0.251. The van der Waals surface area contributed by atoms with E-state index in [1.807, 2.05) is 0 Å². The number of hydrogen-bond acceptors (Lipinski definition) is 4. The Kier molecular flexibility index (Phi) is 2.33. The highest BCUT2D eigenvalue weighted by atomic mass is 35.5. The fourth-order valence-corrected chi connectivity index (χ4v) is 1.62. The summed E-state index contributed by atoms with van der Waals surface area (Å²) in [5.41, 5.74) is 5.78. The lowest BCUT2D eigenvalue weighted by atomic mass is 10.3. The Morgan fingerprint density at radius 2 is 2.38 bits per heavy atom. The van der Waals surface area contributed by atoms with Crippen molar-refractivity contribution >= 4 is 17.4 Å². The number of aromatic nitrogens is 2. The predicted molar refractivity (Wildman–Crippen MR) is 51.8 cm³/mol. The summed E-state index contributed by atoms with van der Waals surface area (Å²) in [4.78, 5) is 10.2. The molecule has 1 aromatic rings. The van der Waals surface area contributed by atoms with Gasteiger partial charge in [0.25, 0.3) is 0 Å². The Morgan fingerprint density at radius 1 is 1.54 bits per heavy atom. The zero-order chi connectivity index (χ0) is 9.26. The molecule has 13 heavy (non-hydrogen) atoms. The fourth-order valence-electron chi connectivity index (χ4n) is 1.48. The molecule has 2 heterocycles. The van der Waals surface area contributed by atoms with Crippen LogP contribution in [0.5, 0.6) is 0 Å². The van der Waals surface area contributed by atoms with Crippen LogP contribution in [0, 0.1) is 0 Å². The highest BCUT2D eigenvalue weighted by Crippen LogP contribution is 2.17. The fraction of sp³-hybridized carbons (Fsp3) is 0.500. The third-order valence-corrected chi connectivity index (χ3v) is 2.32. The largest absolute Gasteiger partial charge is 0.354 e. The number of rotatable bonds is 1. The van der Waals surface area contributed by atoms with Crippen LogP contribution in [-0.2, 0) is 0 Å². The molecule has 1 unspecified atom stereocenters. The van der Waals surface area contributed by atoms with Crippen molar-refractivity contribution in [3.05, 3.63) is 17.5 Å². The van der Waals surface area contributed by atoms with Gasteiger partial charge in [-0.25, -0.2) is 4.98 Å². The zero-order valence-corrected chi connectivity index (χ0v) is 7.91. The van der Waals surface area contributed by atoms with Crippen LogP contribution in [0.25, 0.3) is 0 Å². The van der Waals surface area contributed by atoms with Gasteiger partial charge in [-0.15, -0.1) is 0 Å². The Bertz CT molecular complexity index is 304. The molecule has 0 radical (unpaired) electrons. The van der Waals surface area contributed by atoms with E-state index in [9.17, 15) is 0 Å². The molecule has 2 rings (SSSR count). The maximum atomic E-state index is 5.78. The van der Waals surface area contributed by atoms with Gasteiger partial charge in [0, 0.05) is 19.1 Å². The Morgan fingerprint density at radius 3 is 3.00 bits per heavy atom. The molecule has 70 valence electrons. The predicted octanol–water partition coefficient (Wildman–Crippen LogP) is 0.667. The van der Waals surface area contributed by atoms with E-state index in [1.54, 1.807) is 6.20 Å². The quantitative estimate of drug-likeness (QED) is 0.721. The second-order valence-corrected chi connectivity index (χ2v) is 3.58. The van der Waals surface area contributed by atoms with Crippen molar-refractivity contribution in [2.75, 3.05) is 18.0 Å². The summed E-state index contributed by atoms with van der Waals surface area (Å²) in [6.07, 6.45) is 4.25. The van der Waals surface area contributed by atoms with Gasteiger partial charge in [-0.05, 0) is 6.42 Å². The van der Waals surface area contributed by atoms with Crippen LogP contribution in [0.2, 0.25) is 5.15 Å². The molecule has 0 amide bonds. The van der Waals surface area contributed by atoms with Crippen LogP contribution in [0.3, 0.4) is 0 Å². The summed E-state index contributed by atoms with van der Waals surface area (Å²) in [6.45, 7) is 1.78. The van der Waals surface area contributed by atoms with Crippen molar-refractivity contribution in [3.8, 4) is 0 Å². The monoisotopic (exact) mass is 198 g/mol. The van der Waals surface area contributed by atoms with Gasteiger partial charge in [-0.2, -0.15) is 0 Å². The maximum absolute atomic E-state index is 5.78. The van der Waals surface area contributed by atoms with Crippen LogP contribution in [0.1, 0.15) is 6.42 Å². The van der Waals surface area contributed by atoms with Crippen LogP contribution >= 0.6 is 11.6 Å². The number of hydrogen-bond donors (Lipinski definition) is 1. The van der Waals surface area contributed by atoms with Crippen molar-refractivity contribution in [1.29, 1.82) is 0 Å². The van der Waals surface area contributed by atoms with Crippen LogP contribution < -0.4 is 10.6 Å². The van der Waals surface area contributed by atoms with Gasteiger partial charge in [0.2, 0.25) is 0 Å². The first-order chi connectivity index (χ1) is 6.25. The zero-order valence-electron chi connectivity index (χ0n) is 7.15. The molecule has 0 spiro atoms. The molecule has 1 fully saturated rings. The van der Waals surface area contributed by atoms with Gasteiger partial charge in [-0.3, -0.25) is 4.98 Å². The van der Waals surface area contributed by atoms with E-state index in [-0.39, 0.29) is 6.04 Å². The van der Waals surface area contributed by atoms with E-state index in [0.29, 0.717) is 5.15 Å². The molecule has 1 atom stereocenters. The molecule has 2 N–H and O–H groups in total. The van der Waals surface area contributed by atoms with Gasteiger partial charge < -0.3 is 10.6 Å². The number of nitrogens with two attached hydrogens (primary N) is 1. The molecular weight excluding hydrogens is 188 g/mol. The molecule has 0 saturated carbocycles. The second kappa shape index (κ2) is 3.47. The molecule has 0 bridgehead atoms. The van der Waals surface area contributed by atoms with Gasteiger partial charge in [0.05, 0.1) is 12.4 Å². The molecule has 1 aliphatic rings. The number of anilines is 1. The lowest BCUT2D eigenvalue weighted by molar-refractivity contribution is 0.751. The first-order valence-corrected chi connectivity index (χ1v) is 4.61. The third kappa shape index (κ3) is 1.89. The van der Waals surface area contributed by atoms with E-state index in [4.69, 9.17) is 17.3 Å². The van der Waals surface area contributed by atoms with Crippen molar-refractivity contribution in [1.82, 2.24) is 9.97 Å². The first kappa shape index (κ1) is 8.72. The van der Waals surface area contributed by atoms with Crippen molar-refractivity contribution in [2.45, 2.75) is 12.5 Å². The SMILES string of the molecule is NC1CCN(c2cncc(Cl)n2)C1. The summed E-state index contributed by atoms with van der Waals surface area (Å²) in [6, 6.07) is 0.251. The number of nitrogens with zero attached hydrogens (tertiary/aromatic N) is 3. The average molecular weight is 199 g/mol. The average Bonchev–Trinajstić information content (AvgIpc) is 2.52. The van der Waals surface area contributed by atoms with Gasteiger partial charge in [0.15, 0.2) is 0 Å². The van der Waals surface area contributed by atoms with Crippen molar-refractivity contribution < 1.29 is 0 Å². The summed E-state index contributed by atoms with van der Waals surface area (Å²) < 4.78 is 0. The van der Waals surface area contributed by atoms with E-state index < -0.39 is 0 Å². The molecule has 0 aliphatic carbocycles. The Balaban J connectivity index is 2.16. The molecule has 4 nitrogen and oxygen atoms in total. The third-order valence-electron chi connectivity index (χ3n) is 2.14. The smallest absolute Gasteiger partial charge is 0.149 e. The van der Waals surface area contributed by atoms with E-state index >= 15 is 0 Å². The molecule has 1 aromatic heterocycles. The van der Waals surface area contributed by atoms with E-state index in [2.05, 4.69) is 14.9 Å². The van der Waals surface area contributed by atoms with Crippen LogP contribution in [-0.4, -0.2) is 29.1 Å². The summed E-state index contributed by atoms with van der Waals surface area (Å²) in [5.74, 6) is 0.820. The summed E-state index contributed by atoms with van der Waals surface area (Å²) >= 11 is 5.73. The molecule has 1 saturated heterocycles. The highest BCUT2D eigenvalue weighted by Gasteiger charge is 2.20.